The van der Waals surface area contributed by atoms with Crippen LogP contribution < -0.4 is 14.8 Å². The summed E-state index contributed by atoms with van der Waals surface area (Å²) in [6.07, 6.45) is 3.23. The van der Waals surface area contributed by atoms with Crippen molar-refractivity contribution in [2.45, 2.75) is 63.9 Å². The summed E-state index contributed by atoms with van der Waals surface area (Å²) in [5.74, 6) is 0.932. The van der Waals surface area contributed by atoms with Gasteiger partial charge in [-0.05, 0) is 50.3 Å². The van der Waals surface area contributed by atoms with Gasteiger partial charge in [0.25, 0.3) is 5.91 Å². The lowest BCUT2D eigenvalue weighted by molar-refractivity contribution is 0.0891. The van der Waals surface area contributed by atoms with E-state index in [1.807, 2.05) is 0 Å². The number of carbonyl (C=O) groups excluding carboxylic acids is 1. The SMILES string of the molecule is COc1ccc(C(=O)N[C@@H]2CCC[C@H](C)[C@H]2C)cc1S(=O)(=O)NC(C)C. The molecule has 146 valence electrons. The summed E-state index contributed by atoms with van der Waals surface area (Å²) in [4.78, 5) is 12.7. The Hall–Kier alpha value is -1.60. The molecule has 6 nitrogen and oxygen atoms in total. The first-order valence-corrected chi connectivity index (χ1v) is 10.6. The van der Waals surface area contributed by atoms with E-state index in [1.165, 1.54) is 25.7 Å². The van der Waals surface area contributed by atoms with Gasteiger partial charge in [0, 0.05) is 17.6 Å². The minimum atomic E-state index is -3.77. The second-order valence-corrected chi connectivity index (χ2v) is 9.17. The summed E-state index contributed by atoms with van der Waals surface area (Å²) < 4.78 is 32.8. The Labute approximate surface area is 156 Å². The predicted octanol–water partition coefficient (Wildman–Crippen LogP) is 2.94. The van der Waals surface area contributed by atoms with E-state index in [2.05, 4.69) is 23.9 Å². The van der Waals surface area contributed by atoms with E-state index in [9.17, 15) is 13.2 Å². The lowest BCUT2D eigenvalue weighted by Gasteiger charge is -2.34. The molecule has 0 aromatic heterocycles. The van der Waals surface area contributed by atoms with Crippen molar-refractivity contribution in [1.29, 1.82) is 0 Å². The summed E-state index contributed by atoms with van der Waals surface area (Å²) >= 11 is 0. The summed E-state index contributed by atoms with van der Waals surface area (Å²) in [7, 11) is -2.35. The van der Waals surface area contributed by atoms with Crippen LogP contribution in [0, 0.1) is 11.8 Å². The van der Waals surface area contributed by atoms with E-state index in [4.69, 9.17) is 4.74 Å². The van der Waals surface area contributed by atoms with E-state index in [-0.39, 0.29) is 28.6 Å². The molecule has 2 N–H and O–H groups in total. The number of sulfonamides is 1. The highest BCUT2D eigenvalue weighted by molar-refractivity contribution is 7.89. The number of hydrogen-bond acceptors (Lipinski definition) is 4. The third-order valence-electron chi connectivity index (χ3n) is 5.13. The van der Waals surface area contributed by atoms with Gasteiger partial charge in [-0.25, -0.2) is 13.1 Å². The van der Waals surface area contributed by atoms with E-state index in [1.54, 1.807) is 19.9 Å². The molecule has 1 aromatic carbocycles. The van der Waals surface area contributed by atoms with Gasteiger partial charge in [0.05, 0.1) is 7.11 Å². The zero-order valence-corrected chi connectivity index (χ0v) is 17.0. The van der Waals surface area contributed by atoms with Gasteiger partial charge in [-0.2, -0.15) is 0 Å². The van der Waals surface area contributed by atoms with Crippen molar-refractivity contribution in [3.05, 3.63) is 23.8 Å². The second kappa shape index (κ2) is 8.39. The number of nitrogens with one attached hydrogen (secondary N) is 2. The van der Waals surface area contributed by atoms with Crippen LogP contribution in [0.5, 0.6) is 5.75 Å². The Bertz CT molecular complexity index is 746. The van der Waals surface area contributed by atoms with Crippen LogP contribution in [0.15, 0.2) is 23.1 Å². The van der Waals surface area contributed by atoms with Gasteiger partial charge in [0.2, 0.25) is 10.0 Å². The highest BCUT2D eigenvalue weighted by atomic mass is 32.2. The van der Waals surface area contributed by atoms with Gasteiger partial charge >= 0.3 is 0 Å². The lowest BCUT2D eigenvalue weighted by Crippen LogP contribution is -2.43. The molecule has 1 aliphatic rings. The predicted molar refractivity (Wildman–Crippen MR) is 102 cm³/mol. The van der Waals surface area contributed by atoms with Crippen molar-refractivity contribution in [3.8, 4) is 5.75 Å². The van der Waals surface area contributed by atoms with Crippen LogP contribution in [0.2, 0.25) is 0 Å². The lowest BCUT2D eigenvalue weighted by atomic mass is 9.78. The Kier molecular flexibility index (Phi) is 6.69. The minimum absolute atomic E-state index is 0.0218. The Morgan fingerprint density at radius 2 is 1.92 bits per heavy atom. The number of benzene rings is 1. The topological polar surface area (TPSA) is 84.5 Å². The van der Waals surface area contributed by atoms with Crippen molar-refractivity contribution in [2.24, 2.45) is 11.8 Å². The first-order valence-electron chi connectivity index (χ1n) is 9.17. The van der Waals surface area contributed by atoms with Gasteiger partial charge in [-0.3, -0.25) is 4.79 Å². The summed E-state index contributed by atoms with van der Waals surface area (Å²) in [5, 5.41) is 3.08. The molecular formula is C19H30N2O4S. The molecule has 1 saturated carbocycles. The fourth-order valence-electron chi connectivity index (χ4n) is 3.44. The van der Waals surface area contributed by atoms with Gasteiger partial charge in [0.15, 0.2) is 0 Å². The third-order valence-corrected chi connectivity index (χ3v) is 6.81. The summed E-state index contributed by atoms with van der Waals surface area (Å²) in [5.41, 5.74) is 0.320. The summed E-state index contributed by atoms with van der Waals surface area (Å²) in [6, 6.07) is 4.36. The molecule has 0 spiro atoms. The van der Waals surface area contributed by atoms with Crippen LogP contribution in [0.4, 0.5) is 0 Å². The standard InChI is InChI=1S/C19H30N2O4S/c1-12(2)21-26(23,24)18-11-15(9-10-17(18)25-5)19(22)20-16-8-6-7-13(3)14(16)4/h9-14,16,21H,6-8H2,1-5H3,(H,20,22)/t13-,14+,16+/m0/s1. The van der Waals surface area contributed by atoms with Crippen molar-refractivity contribution >= 4 is 15.9 Å². The smallest absolute Gasteiger partial charge is 0.251 e. The monoisotopic (exact) mass is 382 g/mol. The maximum atomic E-state index is 12.7. The van der Waals surface area contributed by atoms with Crippen LogP contribution >= 0.6 is 0 Å². The van der Waals surface area contributed by atoms with Crippen molar-refractivity contribution in [3.63, 3.8) is 0 Å². The Balaban J connectivity index is 2.27. The number of ether oxygens (including phenoxy) is 1. The van der Waals surface area contributed by atoms with Crippen molar-refractivity contribution < 1.29 is 17.9 Å². The van der Waals surface area contributed by atoms with E-state index in [0.717, 1.165) is 12.8 Å². The van der Waals surface area contributed by atoms with Crippen LogP contribution in [-0.4, -0.2) is 33.5 Å². The quantitative estimate of drug-likeness (QED) is 0.792. The van der Waals surface area contributed by atoms with E-state index < -0.39 is 10.0 Å². The number of hydrogen-bond donors (Lipinski definition) is 2. The van der Waals surface area contributed by atoms with E-state index >= 15 is 0 Å². The van der Waals surface area contributed by atoms with Gasteiger partial charge in [0.1, 0.15) is 10.6 Å². The fourth-order valence-corrected chi connectivity index (χ4v) is 4.89. The highest BCUT2D eigenvalue weighted by Crippen LogP contribution is 2.30. The fraction of sp³-hybridized carbons (Fsp3) is 0.632. The van der Waals surface area contributed by atoms with Gasteiger partial charge in [-0.15, -0.1) is 0 Å². The molecule has 0 radical (unpaired) electrons. The highest BCUT2D eigenvalue weighted by Gasteiger charge is 2.29. The molecule has 7 heteroatoms. The summed E-state index contributed by atoms with van der Waals surface area (Å²) in [6.45, 7) is 7.85. The van der Waals surface area contributed by atoms with Gasteiger partial charge in [-0.1, -0.05) is 26.7 Å². The van der Waals surface area contributed by atoms with Crippen LogP contribution in [0.25, 0.3) is 0 Å². The number of rotatable bonds is 6. The number of amides is 1. The number of carbonyl (C=O) groups is 1. The molecule has 0 heterocycles. The molecule has 0 bridgehead atoms. The molecule has 1 aliphatic carbocycles. The maximum Gasteiger partial charge on any atom is 0.251 e. The molecular weight excluding hydrogens is 352 g/mol. The third kappa shape index (κ3) is 4.76. The second-order valence-electron chi connectivity index (χ2n) is 7.49. The molecule has 1 fully saturated rings. The Morgan fingerprint density at radius 1 is 1.23 bits per heavy atom. The average Bonchev–Trinajstić information content (AvgIpc) is 2.57. The minimum Gasteiger partial charge on any atom is -0.495 e. The molecule has 2 rings (SSSR count). The van der Waals surface area contributed by atoms with E-state index in [0.29, 0.717) is 17.4 Å². The molecule has 3 atom stereocenters. The van der Waals surface area contributed by atoms with Crippen LogP contribution in [0.3, 0.4) is 0 Å². The molecule has 1 amide bonds. The first-order chi connectivity index (χ1) is 12.2. The first kappa shape index (κ1) is 20.7. The normalized spacial score (nSPS) is 23.7. The molecule has 26 heavy (non-hydrogen) atoms. The number of methoxy groups -OCH3 is 1. The molecule has 1 aromatic rings. The molecule has 0 unspecified atom stereocenters. The average molecular weight is 383 g/mol. The molecule has 0 aliphatic heterocycles. The van der Waals surface area contributed by atoms with Crippen molar-refractivity contribution in [2.75, 3.05) is 7.11 Å². The Morgan fingerprint density at radius 3 is 2.54 bits per heavy atom. The molecule has 0 saturated heterocycles. The van der Waals surface area contributed by atoms with Crippen molar-refractivity contribution in [1.82, 2.24) is 10.0 Å². The zero-order valence-electron chi connectivity index (χ0n) is 16.2. The maximum absolute atomic E-state index is 12.7. The van der Waals surface area contributed by atoms with Crippen LogP contribution in [0.1, 0.15) is 57.3 Å². The van der Waals surface area contributed by atoms with Gasteiger partial charge < -0.3 is 10.1 Å². The zero-order chi connectivity index (χ0) is 19.5. The largest absolute Gasteiger partial charge is 0.495 e. The van der Waals surface area contributed by atoms with Crippen LogP contribution in [-0.2, 0) is 10.0 Å².